The van der Waals surface area contributed by atoms with Crippen molar-refractivity contribution < 1.29 is 9.47 Å². The van der Waals surface area contributed by atoms with E-state index in [4.69, 9.17) is 9.47 Å². The molecule has 0 aliphatic heterocycles. The van der Waals surface area contributed by atoms with Crippen LogP contribution in [0.5, 0.6) is 11.5 Å². The molecule has 0 fully saturated rings. The van der Waals surface area contributed by atoms with E-state index in [2.05, 4.69) is 97.1 Å². The van der Waals surface area contributed by atoms with Crippen molar-refractivity contribution in [1.82, 2.24) is 0 Å². The third kappa shape index (κ3) is 4.04. The molecule has 0 saturated heterocycles. The molecule has 0 saturated carbocycles. The molecule has 0 radical (unpaired) electrons. The summed E-state index contributed by atoms with van der Waals surface area (Å²) >= 11 is 0. The summed E-state index contributed by atoms with van der Waals surface area (Å²) in [7, 11) is 2.65. The molecule has 0 amide bonds. The van der Waals surface area contributed by atoms with Gasteiger partial charge in [0, 0.05) is 0 Å². The van der Waals surface area contributed by atoms with Crippen LogP contribution in [0.25, 0.3) is 11.1 Å². The molecule has 0 atom stereocenters. The molecular weight excluding hydrogens is 375 g/mol. The highest BCUT2D eigenvalue weighted by Crippen LogP contribution is 2.39. The van der Waals surface area contributed by atoms with Gasteiger partial charge in [0.25, 0.3) is 0 Å². The number of rotatable bonds is 6. The third-order valence-corrected chi connectivity index (χ3v) is 7.37. The molecule has 0 bridgehead atoms. The Labute approximate surface area is 173 Å². The molecule has 144 valence electrons. The Kier molecular flexibility index (Phi) is 5.93. The van der Waals surface area contributed by atoms with Gasteiger partial charge in [0.2, 0.25) is 0 Å². The van der Waals surface area contributed by atoms with E-state index in [1.165, 1.54) is 21.5 Å². The highest BCUT2D eigenvalue weighted by atomic mass is 31.1. The molecule has 0 N–H and O–H groups in total. The van der Waals surface area contributed by atoms with Gasteiger partial charge >= 0.3 is 0 Å². The van der Waals surface area contributed by atoms with Crippen molar-refractivity contribution in [3.63, 3.8) is 0 Å². The Balaban J connectivity index is 1.90. The Morgan fingerprint density at radius 2 is 1.10 bits per heavy atom. The van der Waals surface area contributed by atoms with Crippen LogP contribution in [0.15, 0.2) is 103 Å². The van der Waals surface area contributed by atoms with Gasteiger partial charge < -0.3 is 9.47 Å². The number of ether oxygens (including phenoxy) is 2. The van der Waals surface area contributed by atoms with E-state index < -0.39 is 7.92 Å². The van der Waals surface area contributed by atoms with Gasteiger partial charge in [-0.1, -0.05) is 91.0 Å². The van der Waals surface area contributed by atoms with Crippen molar-refractivity contribution in [3.05, 3.63) is 103 Å². The normalized spacial score (nSPS) is 10.7. The zero-order chi connectivity index (χ0) is 20.1. The first-order valence-corrected chi connectivity index (χ1v) is 10.9. The number of benzene rings is 4. The van der Waals surface area contributed by atoms with Crippen LogP contribution in [-0.2, 0) is 0 Å². The lowest BCUT2D eigenvalue weighted by atomic mass is 10.1. The Morgan fingerprint density at radius 3 is 1.69 bits per heavy atom. The average molecular weight is 398 g/mol. The van der Waals surface area contributed by atoms with E-state index in [1.54, 1.807) is 14.2 Å². The third-order valence-electron chi connectivity index (χ3n) is 4.87. The van der Waals surface area contributed by atoms with Gasteiger partial charge in [-0.2, -0.15) is 0 Å². The fourth-order valence-corrected chi connectivity index (χ4v) is 5.97. The summed E-state index contributed by atoms with van der Waals surface area (Å²) in [6.07, 6.45) is 0. The first kappa shape index (κ1) is 19.2. The molecular formula is C26H23O2P. The van der Waals surface area contributed by atoms with Crippen molar-refractivity contribution in [2.45, 2.75) is 0 Å². The SMILES string of the molecule is COc1ccc(-c2ccccc2P(c2ccccc2)c2ccccc2)cc1OC. The summed E-state index contributed by atoms with van der Waals surface area (Å²) in [6.45, 7) is 0. The smallest absolute Gasteiger partial charge is 0.161 e. The summed E-state index contributed by atoms with van der Waals surface area (Å²) in [5.74, 6) is 1.48. The number of hydrogen-bond acceptors (Lipinski definition) is 2. The minimum absolute atomic E-state index is 0.688. The molecule has 0 heterocycles. The first-order valence-electron chi connectivity index (χ1n) is 9.53. The van der Waals surface area contributed by atoms with Crippen LogP contribution >= 0.6 is 7.92 Å². The van der Waals surface area contributed by atoms with E-state index in [-0.39, 0.29) is 0 Å². The van der Waals surface area contributed by atoms with Crippen molar-refractivity contribution in [1.29, 1.82) is 0 Å². The summed E-state index contributed by atoms with van der Waals surface area (Å²) in [6, 6.07) is 36.3. The molecule has 0 aliphatic rings. The van der Waals surface area contributed by atoms with E-state index >= 15 is 0 Å². The van der Waals surface area contributed by atoms with Crippen molar-refractivity contribution >= 4 is 23.8 Å². The summed E-state index contributed by atoms with van der Waals surface area (Å²) in [5, 5.41) is 4.00. The molecule has 4 aromatic carbocycles. The lowest BCUT2D eigenvalue weighted by Crippen LogP contribution is -2.22. The summed E-state index contributed by atoms with van der Waals surface area (Å²) in [5.41, 5.74) is 2.34. The van der Waals surface area contributed by atoms with Crippen LogP contribution in [0.1, 0.15) is 0 Å². The van der Waals surface area contributed by atoms with Crippen LogP contribution in [0.4, 0.5) is 0 Å². The molecule has 0 unspecified atom stereocenters. The van der Waals surface area contributed by atoms with Crippen molar-refractivity contribution in [2.24, 2.45) is 0 Å². The largest absolute Gasteiger partial charge is 0.493 e. The minimum Gasteiger partial charge on any atom is -0.493 e. The molecule has 4 aromatic rings. The van der Waals surface area contributed by atoms with Gasteiger partial charge in [-0.25, -0.2) is 0 Å². The summed E-state index contributed by atoms with van der Waals surface area (Å²) in [4.78, 5) is 0. The van der Waals surface area contributed by atoms with Crippen LogP contribution in [-0.4, -0.2) is 14.2 Å². The van der Waals surface area contributed by atoms with Gasteiger partial charge in [-0.05, 0) is 47.1 Å². The van der Waals surface area contributed by atoms with Gasteiger partial charge in [0.1, 0.15) is 0 Å². The van der Waals surface area contributed by atoms with E-state index in [0.717, 1.165) is 17.1 Å². The predicted molar refractivity (Wildman–Crippen MR) is 124 cm³/mol. The van der Waals surface area contributed by atoms with E-state index in [0.29, 0.717) is 0 Å². The second-order valence-electron chi connectivity index (χ2n) is 6.59. The van der Waals surface area contributed by atoms with Gasteiger partial charge in [-0.3, -0.25) is 0 Å². The number of methoxy groups -OCH3 is 2. The molecule has 0 spiro atoms. The highest BCUT2D eigenvalue weighted by Gasteiger charge is 2.20. The van der Waals surface area contributed by atoms with Crippen LogP contribution in [0.2, 0.25) is 0 Å². The maximum absolute atomic E-state index is 5.55. The van der Waals surface area contributed by atoms with Crippen molar-refractivity contribution in [3.8, 4) is 22.6 Å². The lowest BCUT2D eigenvalue weighted by Gasteiger charge is -2.22. The molecule has 2 nitrogen and oxygen atoms in total. The maximum atomic E-state index is 5.55. The predicted octanol–water partition coefficient (Wildman–Crippen LogP) is 5.13. The zero-order valence-corrected chi connectivity index (χ0v) is 17.5. The lowest BCUT2D eigenvalue weighted by molar-refractivity contribution is 0.355. The zero-order valence-electron chi connectivity index (χ0n) is 16.6. The Morgan fingerprint density at radius 1 is 0.552 bits per heavy atom. The van der Waals surface area contributed by atoms with E-state index in [9.17, 15) is 0 Å². The van der Waals surface area contributed by atoms with E-state index in [1.807, 2.05) is 6.07 Å². The van der Waals surface area contributed by atoms with Gasteiger partial charge in [-0.15, -0.1) is 0 Å². The second kappa shape index (κ2) is 8.94. The monoisotopic (exact) mass is 398 g/mol. The topological polar surface area (TPSA) is 18.5 Å². The Hall–Kier alpha value is -3.09. The molecule has 4 rings (SSSR count). The van der Waals surface area contributed by atoms with Gasteiger partial charge in [0.05, 0.1) is 14.2 Å². The van der Waals surface area contributed by atoms with Gasteiger partial charge in [0.15, 0.2) is 11.5 Å². The average Bonchev–Trinajstić information content (AvgIpc) is 2.80. The highest BCUT2D eigenvalue weighted by molar-refractivity contribution is 7.80. The van der Waals surface area contributed by atoms with Crippen LogP contribution in [0.3, 0.4) is 0 Å². The summed E-state index contributed by atoms with van der Waals surface area (Å²) < 4.78 is 11.0. The quantitative estimate of drug-likeness (QED) is 0.419. The fraction of sp³-hybridized carbons (Fsp3) is 0.0769. The molecule has 0 aromatic heterocycles. The molecule has 29 heavy (non-hydrogen) atoms. The maximum Gasteiger partial charge on any atom is 0.161 e. The Bertz CT molecular complexity index is 1040. The molecule has 3 heteroatoms. The second-order valence-corrected chi connectivity index (χ2v) is 8.78. The minimum atomic E-state index is -0.688. The standard InChI is InChI=1S/C26H23O2P/c1-27-24-18-17-20(19-25(24)28-2)23-15-9-10-16-26(23)29(21-11-5-3-6-12-21)22-13-7-4-8-14-22/h3-19H,1-2H3. The number of hydrogen-bond donors (Lipinski definition) is 0. The van der Waals surface area contributed by atoms with Crippen LogP contribution in [0, 0.1) is 0 Å². The van der Waals surface area contributed by atoms with Crippen molar-refractivity contribution in [2.75, 3.05) is 14.2 Å². The fourth-order valence-electron chi connectivity index (χ4n) is 3.50. The first-order chi connectivity index (χ1) is 14.3. The molecule has 0 aliphatic carbocycles. The van der Waals surface area contributed by atoms with Crippen LogP contribution < -0.4 is 25.4 Å².